The van der Waals surface area contributed by atoms with Gasteiger partial charge in [0.25, 0.3) is 0 Å². The Labute approximate surface area is 126 Å². The Morgan fingerprint density at radius 3 is 2.67 bits per heavy atom. The molecule has 3 rings (SSSR count). The zero-order chi connectivity index (χ0) is 14.8. The molecule has 1 heterocycles. The minimum atomic E-state index is -0.359. The fourth-order valence-electron chi connectivity index (χ4n) is 1.96. The highest BCUT2D eigenvalue weighted by Gasteiger charge is 2.15. The minimum absolute atomic E-state index is 0.359. The Bertz CT molecular complexity index is 731. The first-order chi connectivity index (χ1) is 10.1. The molecule has 0 fully saturated rings. The molecule has 1 aliphatic rings. The van der Waals surface area contributed by atoms with Crippen LogP contribution in [0.3, 0.4) is 0 Å². The molecule has 1 aliphatic heterocycles. The highest BCUT2D eigenvalue weighted by Crippen LogP contribution is 2.35. The Balaban J connectivity index is 1.68. The van der Waals surface area contributed by atoms with Crippen molar-refractivity contribution in [1.82, 2.24) is 0 Å². The van der Waals surface area contributed by atoms with Crippen LogP contribution in [0, 0.1) is 0 Å². The topological polar surface area (TPSA) is 62.4 Å². The number of amides is 2. The molecule has 21 heavy (non-hydrogen) atoms. The van der Waals surface area contributed by atoms with Gasteiger partial charge in [0.1, 0.15) is 0 Å². The summed E-state index contributed by atoms with van der Waals surface area (Å²) in [6.07, 6.45) is 0. The average molecular weight is 302 g/mol. The normalized spacial score (nSPS) is 12.1. The van der Waals surface area contributed by atoms with E-state index < -0.39 is 0 Å². The second-order valence-electron chi connectivity index (χ2n) is 4.45. The number of hydrogen-bond donors (Lipinski definition) is 3. The third-order valence-corrected chi connectivity index (χ3v) is 3.06. The third-order valence-electron chi connectivity index (χ3n) is 2.83. The Morgan fingerprint density at radius 2 is 1.90 bits per heavy atom. The maximum atomic E-state index is 11.9. The van der Waals surface area contributed by atoms with Gasteiger partial charge in [0.05, 0.1) is 5.69 Å². The number of hydrogen-bond acceptors (Lipinski definition) is 3. The number of anilines is 3. The van der Waals surface area contributed by atoms with Crippen LogP contribution in [0.5, 0.6) is 5.75 Å². The highest BCUT2D eigenvalue weighted by atomic mass is 35.5. The molecule has 3 N–H and O–H groups in total. The summed E-state index contributed by atoms with van der Waals surface area (Å²) < 4.78 is 5.37. The van der Waals surface area contributed by atoms with E-state index in [0.29, 0.717) is 28.0 Å². The first-order valence-corrected chi connectivity index (χ1v) is 6.59. The van der Waals surface area contributed by atoms with Crippen LogP contribution >= 0.6 is 11.6 Å². The molecule has 0 atom stereocenters. The van der Waals surface area contributed by atoms with Gasteiger partial charge >= 0.3 is 6.03 Å². The van der Waals surface area contributed by atoms with Crippen molar-refractivity contribution in [1.29, 1.82) is 0 Å². The van der Waals surface area contributed by atoms with Gasteiger partial charge in [-0.25, -0.2) is 4.79 Å². The third kappa shape index (κ3) is 3.09. The molecule has 106 valence electrons. The lowest BCUT2D eigenvalue weighted by Crippen LogP contribution is -2.19. The van der Waals surface area contributed by atoms with E-state index in [1.165, 1.54) is 0 Å². The van der Waals surface area contributed by atoms with Crippen LogP contribution in [0.15, 0.2) is 54.9 Å². The van der Waals surface area contributed by atoms with Crippen LogP contribution in [0.2, 0.25) is 5.02 Å². The van der Waals surface area contributed by atoms with Gasteiger partial charge in [-0.15, -0.1) is 0 Å². The number of carbonyl (C=O) groups is 1. The van der Waals surface area contributed by atoms with E-state index in [4.69, 9.17) is 16.3 Å². The Hall–Kier alpha value is -2.66. The predicted octanol–water partition coefficient (Wildman–Crippen LogP) is 4.26. The van der Waals surface area contributed by atoms with Crippen LogP contribution in [-0.2, 0) is 0 Å². The number of nitrogens with one attached hydrogen (secondary N) is 3. The van der Waals surface area contributed by atoms with Crippen molar-refractivity contribution in [3.8, 4) is 5.75 Å². The molecular weight excluding hydrogens is 290 g/mol. The average Bonchev–Trinajstić information content (AvgIpc) is 2.78. The van der Waals surface area contributed by atoms with E-state index in [-0.39, 0.29) is 6.03 Å². The standard InChI is InChI=1S/C15H12ClN3O2/c1-9-17-13-6-5-12(8-14(13)21-9)19-15(20)18-11-4-2-3-10(16)7-11/h2-8,17H,1H2,(H2,18,19,20). The summed E-state index contributed by atoms with van der Waals surface area (Å²) in [5.41, 5.74) is 2.05. The molecule has 0 aliphatic carbocycles. The first-order valence-electron chi connectivity index (χ1n) is 6.21. The van der Waals surface area contributed by atoms with E-state index in [1.807, 2.05) is 6.07 Å². The summed E-state index contributed by atoms with van der Waals surface area (Å²) in [6, 6.07) is 11.9. The molecule has 0 radical (unpaired) electrons. The zero-order valence-electron chi connectivity index (χ0n) is 10.9. The lowest BCUT2D eigenvalue weighted by Gasteiger charge is -2.08. The maximum Gasteiger partial charge on any atom is 0.323 e. The largest absolute Gasteiger partial charge is 0.439 e. The number of carbonyl (C=O) groups excluding carboxylic acids is 1. The highest BCUT2D eigenvalue weighted by molar-refractivity contribution is 6.30. The number of urea groups is 1. The van der Waals surface area contributed by atoms with Crippen LogP contribution in [0.25, 0.3) is 0 Å². The van der Waals surface area contributed by atoms with Gasteiger partial charge in [-0.3, -0.25) is 0 Å². The molecule has 0 aromatic heterocycles. The van der Waals surface area contributed by atoms with Gasteiger partial charge in [-0.1, -0.05) is 17.7 Å². The number of fused-ring (bicyclic) bond motifs is 1. The summed E-state index contributed by atoms with van der Waals surface area (Å²) in [6.45, 7) is 3.68. The van der Waals surface area contributed by atoms with Gasteiger partial charge < -0.3 is 20.7 Å². The molecule has 0 saturated heterocycles. The number of halogens is 1. The molecule has 2 amide bonds. The van der Waals surface area contributed by atoms with Crippen molar-refractivity contribution in [2.24, 2.45) is 0 Å². The Kier molecular flexibility index (Phi) is 3.41. The molecule has 0 spiro atoms. The van der Waals surface area contributed by atoms with Gasteiger partial charge in [0.2, 0.25) is 0 Å². The molecule has 2 aromatic carbocycles. The Morgan fingerprint density at radius 1 is 1.14 bits per heavy atom. The van der Waals surface area contributed by atoms with Crippen molar-refractivity contribution in [3.63, 3.8) is 0 Å². The van der Waals surface area contributed by atoms with Gasteiger partial charge in [-0.05, 0) is 36.9 Å². The van der Waals surface area contributed by atoms with Gasteiger partial charge in [0.15, 0.2) is 11.6 Å². The van der Waals surface area contributed by atoms with Crippen LogP contribution in [-0.4, -0.2) is 6.03 Å². The van der Waals surface area contributed by atoms with Crippen molar-refractivity contribution >= 4 is 34.7 Å². The summed E-state index contributed by atoms with van der Waals surface area (Å²) in [5, 5.41) is 8.95. The van der Waals surface area contributed by atoms with Crippen LogP contribution < -0.4 is 20.7 Å². The second-order valence-corrected chi connectivity index (χ2v) is 4.89. The monoisotopic (exact) mass is 301 g/mol. The van der Waals surface area contributed by atoms with Crippen molar-refractivity contribution in [2.75, 3.05) is 16.0 Å². The number of rotatable bonds is 2. The smallest absolute Gasteiger partial charge is 0.323 e. The molecule has 2 aromatic rings. The van der Waals surface area contributed by atoms with E-state index in [2.05, 4.69) is 22.5 Å². The van der Waals surface area contributed by atoms with E-state index >= 15 is 0 Å². The van der Waals surface area contributed by atoms with Crippen LogP contribution in [0.4, 0.5) is 21.9 Å². The van der Waals surface area contributed by atoms with Gasteiger partial charge in [-0.2, -0.15) is 0 Å². The SMILES string of the molecule is C=C1Nc2ccc(NC(=O)Nc3cccc(Cl)c3)cc2O1. The van der Waals surface area contributed by atoms with E-state index in [1.54, 1.807) is 36.4 Å². The fourth-order valence-corrected chi connectivity index (χ4v) is 2.15. The van der Waals surface area contributed by atoms with E-state index in [0.717, 1.165) is 5.69 Å². The molecule has 5 nitrogen and oxygen atoms in total. The van der Waals surface area contributed by atoms with Crippen molar-refractivity contribution in [3.05, 3.63) is 59.9 Å². The summed E-state index contributed by atoms with van der Waals surface area (Å²) in [7, 11) is 0. The quantitative estimate of drug-likeness (QED) is 0.776. The number of ether oxygens (including phenoxy) is 1. The summed E-state index contributed by atoms with van der Waals surface area (Å²) >= 11 is 5.86. The second kappa shape index (κ2) is 5.38. The summed E-state index contributed by atoms with van der Waals surface area (Å²) in [5.74, 6) is 1.09. The van der Waals surface area contributed by atoms with Crippen LogP contribution in [0.1, 0.15) is 0 Å². The minimum Gasteiger partial charge on any atom is -0.439 e. The zero-order valence-corrected chi connectivity index (χ0v) is 11.7. The maximum absolute atomic E-state index is 11.9. The first kappa shape index (κ1) is 13.3. The fraction of sp³-hybridized carbons (Fsp3) is 0. The predicted molar refractivity (Wildman–Crippen MR) is 83.9 cm³/mol. The molecule has 0 saturated carbocycles. The lowest BCUT2D eigenvalue weighted by atomic mass is 10.2. The molecule has 0 bridgehead atoms. The lowest BCUT2D eigenvalue weighted by molar-refractivity contribution is 0.262. The van der Waals surface area contributed by atoms with E-state index in [9.17, 15) is 4.79 Å². The summed E-state index contributed by atoms with van der Waals surface area (Å²) in [4.78, 5) is 11.9. The molecule has 0 unspecified atom stereocenters. The van der Waals surface area contributed by atoms with Crippen molar-refractivity contribution in [2.45, 2.75) is 0 Å². The number of benzene rings is 2. The molecular formula is C15H12ClN3O2. The van der Waals surface area contributed by atoms with Gasteiger partial charge in [0, 0.05) is 22.5 Å². The molecule has 6 heteroatoms. The van der Waals surface area contributed by atoms with Crippen molar-refractivity contribution < 1.29 is 9.53 Å².